The fourth-order valence-corrected chi connectivity index (χ4v) is 1.84. The van der Waals surface area contributed by atoms with Crippen LogP contribution in [-0.2, 0) is 16.0 Å². The lowest BCUT2D eigenvalue weighted by molar-refractivity contribution is -0.142. The first-order valence-electron chi connectivity index (χ1n) is 6.95. The second-order valence-corrected chi connectivity index (χ2v) is 4.98. The molecule has 0 aliphatic heterocycles. The molecule has 4 N–H and O–H groups in total. The molecule has 1 amide bonds. The Labute approximate surface area is 124 Å². The number of carboxylic acids is 1. The molecule has 6 heteroatoms. The molecular weight excluding hydrogens is 272 g/mol. The number of carbonyl (C=O) groups excluding carboxylic acids is 1. The van der Waals surface area contributed by atoms with Gasteiger partial charge in [-0.2, -0.15) is 0 Å². The quantitative estimate of drug-likeness (QED) is 0.567. The number of aliphatic carboxylic acids is 1. The monoisotopic (exact) mass is 294 g/mol. The van der Waals surface area contributed by atoms with Crippen LogP contribution < -0.4 is 10.6 Å². The van der Waals surface area contributed by atoms with Crippen molar-refractivity contribution in [2.45, 2.75) is 26.3 Å². The number of benzene rings is 1. The van der Waals surface area contributed by atoms with Crippen molar-refractivity contribution in [3.8, 4) is 5.75 Å². The zero-order chi connectivity index (χ0) is 15.8. The number of aromatic hydroxyl groups is 1. The minimum Gasteiger partial charge on any atom is -0.508 e. The van der Waals surface area contributed by atoms with E-state index < -0.39 is 12.0 Å². The van der Waals surface area contributed by atoms with Crippen molar-refractivity contribution in [2.75, 3.05) is 13.1 Å². The molecule has 21 heavy (non-hydrogen) atoms. The van der Waals surface area contributed by atoms with E-state index in [0.717, 1.165) is 12.1 Å². The lowest BCUT2D eigenvalue weighted by atomic mass is 10.0. The van der Waals surface area contributed by atoms with Crippen molar-refractivity contribution < 1.29 is 19.8 Å². The predicted molar refractivity (Wildman–Crippen MR) is 79.1 cm³/mol. The summed E-state index contributed by atoms with van der Waals surface area (Å²) in [6.45, 7) is 4.95. The van der Waals surface area contributed by atoms with E-state index in [2.05, 4.69) is 10.6 Å². The lowest BCUT2D eigenvalue weighted by Gasteiger charge is -2.18. The first kappa shape index (κ1) is 17.0. The molecule has 0 aromatic heterocycles. The number of carboxylic acid groups (broad SMARTS) is 1. The molecule has 0 saturated heterocycles. The number of hydrogen-bond acceptors (Lipinski definition) is 4. The van der Waals surface area contributed by atoms with Gasteiger partial charge in [0.1, 0.15) is 11.8 Å². The van der Waals surface area contributed by atoms with Crippen LogP contribution in [0.25, 0.3) is 0 Å². The molecule has 1 unspecified atom stereocenters. The Hall–Kier alpha value is -2.08. The zero-order valence-corrected chi connectivity index (χ0v) is 12.3. The highest BCUT2D eigenvalue weighted by Crippen LogP contribution is 2.11. The Kier molecular flexibility index (Phi) is 6.68. The summed E-state index contributed by atoms with van der Waals surface area (Å²) in [6, 6.07) is 5.28. The summed E-state index contributed by atoms with van der Waals surface area (Å²) in [5.74, 6) is -1.55. The minimum atomic E-state index is -1.08. The Bertz CT molecular complexity index is 473. The van der Waals surface area contributed by atoms with E-state index >= 15 is 0 Å². The van der Waals surface area contributed by atoms with Gasteiger partial charge in [-0.25, -0.2) is 4.79 Å². The molecule has 0 fully saturated rings. The van der Waals surface area contributed by atoms with Crippen molar-refractivity contribution in [2.24, 2.45) is 5.92 Å². The molecule has 0 radical (unpaired) electrons. The van der Waals surface area contributed by atoms with Crippen molar-refractivity contribution in [1.29, 1.82) is 0 Å². The summed E-state index contributed by atoms with van der Waals surface area (Å²) in [5, 5.41) is 24.0. The Morgan fingerprint density at radius 2 is 1.86 bits per heavy atom. The zero-order valence-electron chi connectivity index (χ0n) is 12.3. The molecule has 1 aromatic rings. The van der Waals surface area contributed by atoms with Crippen LogP contribution in [0.3, 0.4) is 0 Å². The van der Waals surface area contributed by atoms with Gasteiger partial charge in [0.25, 0.3) is 0 Å². The topological polar surface area (TPSA) is 98.7 Å². The number of amides is 1. The van der Waals surface area contributed by atoms with Gasteiger partial charge in [-0.05, 0) is 24.2 Å². The molecule has 6 nitrogen and oxygen atoms in total. The number of rotatable bonds is 8. The Morgan fingerprint density at radius 1 is 1.24 bits per heavy atom. The summed E-state index contributed by atoms with van der Waals surface area (Å²) < 4.78 is 0. The predicted octanol–water partition coefficient (Wildman–Crippen LogP) is 0.750. The summed E-state index contributed by atoms with van der Waals surface area (Å²) in [5.41, 5.74) is 0.736. The molecule has 0 aliphatic carbocycles. The molecule has 116 valence electrons. The lowest BCUT2D eigenvalue weighted by Crippen LogP contribution is -2.46. The van der Waals surface area contributed by atoms with Crippen LogP contribution >= 0.6 is 0 Å². The third kappa shape index (κ3) is 5.83. The van der Waals surface area contributed by atoms with Crippen molar-refractivity contribution in [3.63, 3.8) is 0 Å². The molecule has 0 bridgehead atoms. The van der Waals surface area contributed by atoms with Crippen LogP contribution in [0.4, 0.5) is 0 Å². The maximum absolute atomic E-state index is 12.0. The number of phenols is 1. The number of carbonyl (C=O) groups is 2. The minimum absolute atomic E-state index is 0.119. The number of nitrogens with one attached hydrogen (secondary N) is 2. The molecule has 0 aliphatic rings. The largest absolute Gasteiger partial charge is 0.508 e. The van der Waals surface area contributed by atoms with Gasteiger partial charge in [-0.3, -0.25) is 4.79 Å². The number of phenolic OH excluding ortho intramolecular Hbond substituents is 1. The summed E-state index contributed by atoms with van der Waals surface area (Å²) >= 11 is 0. The standard InChI is InChI=1S/C15H22N2O4/c1-3-16-9-10(2)14(19)17-13(15(20)21)8-11-4-6-12(18)7-5-11/h4-7,10,13,16,18H,3,8-9H2,1-2H3,(H,17,19)(H,20,21)/t10?,13-/m1/s1. The second kappa shape index (κ2) is 8.26. The van der Waals surface area contributed by atoms with E-state index in [9.17, 15) is 19.8 Å². The first-order chi connectivity index (χ1) is 9.93. The molecular formula is C15H22N2O4. The van der Waals surface area contributed by atoms with Crippen LogP contribution in [0.5, 0.6) is 5.75 Å². The first-order valence-corrected chi connectivity index (χ1v) is 6.95. The summed E-state index contributed by atoms with van der Waals surface area (Å²) in [6.07, 6.45) is 0.176. The van der Waals surface area contributed by atoms with Crippen LogP contribution in [0.2, 0.25) is 0 Å². The van der Waals surface area contributed by atoms with E-state index in [-0.39, 0.29) is 24.0 Å². The smallest absolute Gasteiger partial charge is 0.326 e. The average Bonchev–Trinajstić information content (AvgIpc) is 2.45. The van der Waals surface area contributed by atoms with Crippen LogP contribution in [0.1, 0.15) is 19.4 Å². The van der Waals surface area contributed by atoms with Crippen molar-refractivity contribution in [3.05, 3.63) is 29.8 Å². The van der Waals surface area contributed by atoms with E-state index in [4.69, 9.17) is 0 Å². The maximum Gasteiger partial charge on any atom is 0.326 e. The second-order valence-electron chi connectivity index (χ2n) is 4.98. The molecule has 1 aromatic carbocycles. The average molecular weight is 294 g/mol. The molecule has 2 atom stereocenters. The van der Waals surface area contributed by atoms with Crippen molar-refractivity contribution >= 4 is 11.9 Å². The highest BCUT2D eigenvalue weighted by molar-refractivity contribution is 5.85. The van der Waals surface area contributed by atoms with E-state index in [0.29, 0.717) is 6.54 Å². The fourth-order valence-electron chi connectivity index (χ4n) is 1.84. The fraction of sp³-hybridized carbons (Fsp3) is 0.467. The Balaban J connectivity index is 2.63. The van der Waals surface area contributed by atoms with Gasteiger partial charge in [-0.15, -0.1) is 0 Å². The van der Waals surface area contributed by atoms with Gasteiger partial charge in [0, 0.05) is 18.9 Å². The third-order valence-corrected chi connectivity index (χ3v) is 3.14. The van der Waals surface area contributed by atoms with Crippen LogP contribution in [-0.4, -0.2) is 41.2 Å². The highest BCUT2D eigenvalue weighted by Gasteiger charge is 2.23. The van der Waals surface area contributed by atoms with Gasteiger partial charge in [0.05, 0.1) is 0 Å². The Morgan fingerprint density at radius 3 is 2.38 bits per heavy atom. The molecule has 0 spiro atoms. The van der Waals surface area contributed by atoms with Crippen LogP contribution in [0.15, 0.2) is 24.3 Å². The SMILES string of the molecule is CCNCC(C)C(=O)N[C@H](Cc1ccc(O)cc1)C(=O)O. The van der Waals surface area contributed by atoms with Crippen molar-refractivity contribution in [1.82, 2.24) is 10.6 Å². The van der Waals surface area contributed by atoms with E-state index in [1.54, 1.807) is 19.1 Å². The molecule has 0 heterocycles. The molecule has 0 saturated carbocycles. The number of hydrogen-bond donors (Lipinski definition) is 4. The summed E-state index contributed by atoms with van der Waals surface area (Å²) in [4.78, 5) is 23.2. The third-order valence-electron chi connectivity index (χ3n) is 3.14. The van der Waals surface area contributed by atoms with E-state index in [1.807, 2.05) is 6.92 Å². The molecule has 1 rings (SSSR count). The van der Waals surface area contributed by atoms with Gasteiger partial charge in [-0.1, -0.05) is 26.0 Å². The highest BCUT2D eigenvalue weighted by atomic mass is 16.4. The van der Waals surface area contributed by atoms with Gasteiger partial charge < -0.3 is 20.8 Å². The maximum atomic E-state index is 12.0. The van der Waals surface area contributed by atoms with Crippen LogP contribution in [0, 0.1) is 5.92 Å². The normalized spacial score (nSPS) is 13.4. The van der Waals surface area contributed by atoms with E-state index in [1.165, 1.54) is 12.1 Å². The van der Waals surface area contributed by atoms with Gasteiger partial charge in [0.15, 0.2) is 0 Å². The van der Waals surface area contributed by atoms with Gasteiger partial charge in [0.2, 0.25) is 5.91 Å². The summed E-state index contributed by atoms with van der Waals surface area (Å²) in [7, 11) is 0. The van der Waals surface area contributed by atoms with Gasteiger partial charge >= 0.3 is 5.97 Å².